The van der Waals surface area contributed by atoms with Gasteiger partial charge in [-0.05, 0) is 20.0 Å². The number of nitro groups is 1. The molecule has 0 saturated heterocycles. The molecule has 0 aliphatic heterocycles. The minimum Gasteiger partial charge on any atom is -0.465 e. The van der Waals surface area contributed by atoms with E-state index in [1.165, 1.54) is 6.07 Å². The highest BCUT2D eigenvalue weighted by molar-refractivity contribution is 5.71. The number of hydrogen-bond acceptors (Lipinski definition) is 6. The Kier molecular flexibility index (Phi) is 8.96. The van der Waals surface area contributed by atoms with Crippen LogP contribution in [0.1, 0.15) is 26.3 Å². The van der Waals surface area contributed by atoms with Crippen LogP contribution in [-0.2, 0) is 16.1 Å². The molecule has 7 heteroatoms. The van der Waals surface area contributed by atoms with Crippen LogP contribution in [-0.4, -0.2) is 60.0 Å². The fourth-order valence-electron chi connectivity index (χ4n) is 2.49. The second-order valence-corrected chi connectivity index (χ2v) is 5.43. The van der Waals surface area contributed by atoms with Crippen LogP contribution >= 0.6 is 0 Å². The van der Waals surface area contributed by atoms with Gasteiger partial charge in [-0.1, -0.05) is 32.0 Å². The molecule has 0 saturated carbocycles. The molecule has 0 aliphatic rings. The minimum atomic E-state index is -0.387. The molecule has 0 radical (unpaired) electrons. The summed E-state index contributed by atoms with van der Waals surface area (Å²) in [6, 6.07) is 6.64. The molecule has 0 N–H and O–H groups in total. The molecule has 0 aliphatic carbocycles. The number of esters is 1. The SMILES string of the molecule is CCOC(=O)CN(CCN(CC)CC)Cc1ccccc1[N+](=O)[O-]. The lowest BCUT2D eigenvalue weighted by atomic mass is 10.1. The molecule has 24 heavy (non-hydrogen) atoms. The molecule has 7 nitrogen and oxygen atoms in total. The summed E-state index contributed by atoms with van der Waals surface area (Å²) in [6.45, 7) is 10.0. The lowest BCUT2D eigenvalue weighted by Crippen LogP contribution is -2.38. The van der Waals surface area contributed by atoms with E-state index in [1.807, 2.05) is 4.90 Å². The normalized spacial score (nSPS) is 11.0. The van der Waals surface area contributed by atoms with Crippen molar-refractivity contribution >= 4 is 11.7 Å². The van der Waals surface area contributed by atoms with E-state index in [0.717, 1.165) is 19.6 Å². The maximum atomic E-state index is 11.8. The predicted octanol–water partition coefficient (Wildman–Crippen LogP) is 2.30. The van der Waals surface area contributed by atoms with Gasteiger partial charge in [0.2, 0.25) is 0 Å². The van der Waals surface area contributed by atoms with Crippen LogP contribution in [0.25, 0.3) is 0 Å². The van der Waals surface area contributed by atoms with E-state index in [1.54, 1.807) is 25.1 Å². The molecule has 1 aromatic rings. The van der Waals surface area contributed by atoms with Gasteiger partial charge < -0.3 is 9.64 Å². The number of nitro benzene ring substituents is 1. The molecule has 0 bridgehead atoms. The fraction of sp³-hybridized carbons (Fsp3) is 0.588. The molecular weight excluding hydrogens is 310 g/mol. The highest BCUT2D eigenvalue weighted by atomic mass is 16.6. The Morgan fingerprint density at radius 1 is 1.12 bits per heavy atom. The van der Waals surface area contributed by atoms with Gasteiger partial charge in [-0.15, -0.1) is 0 Å². The lowest BCUT2D eigenvalue weighted by molar-refractivity contribution is -0.385. The van der Waals surface area contributed by atoms with Crippen molar-refractivity contribution in [3.8, 4) is 0 Å². The summed E-state index contributed by atoms with van der Waals surface area (Å²) in [5.74, 6) is -0.310. The summed E-state index contributed by atoms with van der Waals surface area (Å²) < 4.78 is 5.02. The zero-order valence-corrected chi connectivity index (χ0v) is 14.7. The van der Waals surface area contributed by atoms with E-state index in [4.69, 9.17) is 4.74 Å². The highest BCUT2D eigenvalue weighted by Crippen LogP contribution is 2.19. The quantitative estimate of drug-likeness (QED) is 0.350. The zero-order chi connectivity index (χ0) is 17.9. The minimum absolute atomic E-state index is 0.0780. The first-order valence-corrected chi connectivity index (χ1v) is 8.34. The number of benzene rings is 1. The second kappa shape index (κ2) is 10.7. The van der Waals surface area contributed by atoms with E-state index >= 15 is 0 Å². The van der Waals surface area contributed by atoms with Crippen LogP contribution in [0.2, 0.25) is 0 Å². The van der Waals surface area contributed by atoms with Gasteiger partial charge in [0, 0.05) is 31.3 Å². The first-order chi connectivity index (χ1) is 11.5. The van der Waals surface area contributed by atoms with Crippen LogP contribution in [0.4, 0.5) is 5.69 Å². The number of carbonyl (C=O) groups is 1. The maximum Gasteiger partial charge on any atom is 0.320 e. The summed E-state index contributed by atoms with van der Waals surface area (Å²) >= 11 is 0. The smallest absolute Gasteiger partial charge is 0.320 e. The van der Waals surface area contributed by atoms with E-state index in [9.17, 15) is 14.9 Å². The Morgan fingerprint density at radius 2 is 1.75 bits per heavy atom. The molecule has 0 atom stereocenters. The third-order valence-corrected chi connectivity index (χ3v) is 3.87. The van der Waals surface area contributed by atoms with Crippen molar-refractivity contribution in [1.82, 2.24) is 9.80 Å². The van der Waals surface area contributed by atoms with E-state index in [2.05, 4.69) is 18.7 Å². The molecule has 1 aromatic carbocycles. The lowest BCUT2D eigenvalue weighted by Gasteiger charge is -2.25. The largest absolute Gasteiger partial charge is 0.465 e. The van der Waals surface area contributed by atoms with Crippen molar-refractivity contribution in [3.63, 3.8) is 0 Å². The molecule has 0 aromatic heterocycles. The summed E-state index contributed by atoms with van der Waals surface area (Å²) in [6.07, 6.45) is 0. The highest BCUT2D eigenvalue weighted by Gasteiger charge is 2.18. The topological polar surface area (TPSA) is 75.9 Å². The van der Waals surface area contributed by atoms with Crippen LogP contribution in [0.15, 0.2) is 24.3 Å². The molecule has 0 heterocycles. The standard InChI is InChI=1S/C17H27N3O4/c1-4-18(5-2)11-12-19(14-17(21)24-6-3)13-15-9-7-8-10-16(15)20(22)23/h7-10H,4-6,11-14H2,1-3H3. The summed E-state index contributed by atoms with van der Waals surface area (Å²) in [7, 11) is 0. The summed E-state index contributed by atoms with van der Waals surface area (Å²) in [4.78, 5) is 26.8. The van der Waals surface area contributed by atoms with E-state index in [0.29, 0.717) is 25.3 Å². The van der Waals surface area contributed by atoms with Crippen LogP contribution in [0, 0.1) is 10.1 Å². The number of ether oxygens (including phenoxy) is 1. The molecule has 0 unspecified atom stereocenters. The molecule has 0 fully saturated rings. The van der Waals surface area contributed by atoms with Gasteiger partial charge >= 0.3 is 5.97 Å². The molecule has 1 rings (SSSR count). The predicted molar refractivity (Wildman–Crippen MR) is 92.8 cm³/mol. The number of hydrogen-bond donors (Lipinski definition) is 0. The third-order valence-electron chi connectivity index (χ3n) is 3.87. The Balaban J connectivity index is 2.84. The van der Waals surface area contributed by atoms with Crippen LogP contribution in [0.5, 0.6) is 0 Å². The monoisotopic (exact) mass is 337 g/mol. The summed E-state index contributed by atoms with van der Waals surface area (Å²) in [5, 5.41) is 11.2. The zero-order valence-electron chi connectivity index (χ0n) is 14.7. The van der Waals surface area contributed by atoms with Crippen molar-refractivity contribution in [1.29, 1.82) is 0 Å². The van der Waals surface area contributed by atoms with Gasteiger partial charge in [-0.25, -0.2) is 0 Å². The number of rotatable bonds is 11. The van der Waals surface area contributed by atoms with Gasteiger partial charge in [-0.3, -0.25) is 19.8 Å². The van der Waals surface area contributed by atoms with Gasteiger partial charge in [0.05, 0.1) is 18.1 Å². The Morgan fingerprint density at radius 3 is 2.33 bits per heavy atom. The second-order valence-electron chi connectivity index (χ2n) is 5.43. The number of nitrogens with zero attached hydrogens (tertiary/aromatic N) is 3. The Labute approximate surface area is 143 Å². The van der Waals surface area contributed by atoms with Crippen LogP contribution < -0.4 is 0 Å². The number of carbonyl (C=O) groups excluding carboxylic acids is 1. The van der Waals surface area contributed by atoms with Gasteiger partial charge in [0.15, 0.2) is 0 Å². The van der Waals surface area contributed by atoms with Crippen molar-refractivity contribution in [2.24, 2.45) is 0 Å². The van der Waals surface area contributed by atoms with Crippen LogP contribution in [0.3, 0.4) is 0 Å². The first-order valence-electron chi connectivity index (χ1n) is 8.34. The van der Waals surface area contributed by atoms with E-state index in [-0.39, 0.29) is 23.1 Å². The van der Waals surface area contributed by atoms with Gasteiger partial charge in [-0.2, -0.15) is 0 Å². The molecule has 134 valence electrons. The van der Waals surface area contributed by atoms with E-state index < -0.39 is 0 Å². The van der Waals surface area contributed by atoms with Crippen molar-refractivity contribution in [2.45, 2.75) is 27.3 Å². The molecule has 0 spiro atoms. The third kappa shape index (κ3) is 6.64. The van der Waals surface area contributed by atoms with Crippen molar-refractivity contribution in [3.05, 3.63) is 39.9 Å². The first kappa shape index (κ1) is 20.1. The van der Waals surface area contributed by atoms with Gasteiger partial charge in [0.25, 0.3) is 5.69 Å². The molecular formula is C17H27N3O4. The number of para-hydroxylation sites is 1. The molecule has 0 amide bonds. The van der Waals surface area contributed by atoms with Crippen molar-refractivity contribution < 1.29 is 14.5 Å². The average Bonchev–Trinajstić information content (AvgIpc) is 2.56. The Bertz CT molecular complexity index is 532. The average molecular weight is 337 g/mol. The summed E-state index contributed by atoms with van der Waals surface area (Å²) in [5.41, 5.74) is 0.681. The number of likely N-dealkylation sites (N-methyl/N-ethyl adjacent to an activating group) is 1. The Hall–Kier alpha value is -1.99. The maximum absolute atomic E-state index is 11.8. The van der Waals surface area contributed by atoms with Gasteiger partial charge in [0.1, 0.15) is 0 Å². The fourth-order valence-corrected chi connectivity index (χ4v) is 2.49. The van der Waals surface area contributed by atoms with Crippen molar-refractivity contribution in [2.75, 3.05) is 39.3 Å².